The molecule has 1 saturated carbocycles. The zero-order valence-corrected chi connectivity index (χ0v) is 8.64. The van der Waals surface area contributed by atoms with Crippen molar-refractivity contribution in [1.82, 2.24) is 10.2 Å². The molecule has 0 aromatic rings. The van der Waals surface area contributed by atoms with Crippen LogP contribution in [0.5, 0.6) is 0 Å². The largest absolute Gasteiger partial charge is 0.319 e. The molecule has 2 unspecified atom stereocenters. The Labute approximate surface area is 76.3 Å². The van der Waals surface area contributed by atoms with Crippen molar-refractivity contribution in [2.45, 2.75) is 31.7 Å². The predicted octanol–water partition coefficient (Wildman–Crippen LogP) is 1.33. The van der Waals surface area contributed by atoms with Crippen molar-refractivity contribution in [1.29, 1.82) is 0 Å². The topological polar surface area (TPSA) is 15.3 Å². The van der Waals surface area contributed by atoms with Crippen LogP contribution in [-0.2, 0) is 0 Å². The average molecular weight is 170 g/mol. The van der Waals surface area contributed by atoms with Crippen LogP contribution in [0.2, 0.25) is 0 Å². The fourth-order valence-electron chi connectivity index (χ4n) is 2.37. The minimum atomic E-state index is 0.811. The molecule has 1 aliphatic rings. The molecule has 0 aromatic heterocycles. The lowest BCUT2D eigenvalue weighted by atomic mass is 9.84. The summed E-state index contributed by atoms with van der Waals surface area (Å²) in [6.45, 7) is 1.18. The third-order valence-corrected chi connectivity index (χ3v) is 3.00. The van der Waals surface area contributed by atoms with Gasteiger partial charge in [-0.05, 0) is 46.4 Å². The first kappa shape index (κ1) is 10.0. The van der Waals surface area contributed by atoms with E-state index in [1.165, 1.54) is 32.2 Å². The summed E-state index contributed by atoms with van der Waals surface area (Å²) in [5.74, 6) is 0.874. The second kappa shape index (κ2) is 4.83. The van der Waals surface area contributed by atoms with Gasteiger partial charge in [-0.3, -0.25) is 0 Å². The van der Waals surface area contributed by atoms with Crippen LogP contribution in [-0.4, -0.2) is 38.6 Å². The van der Waals surface area contributed by atoms with Crippen molar-refractivity contribution < 1.29 is 0 Å². The molecule has 72 valence electrons. The van der Waals surface area contributed by atoms with E-state index in [9.17, 15) is 0 Å². The summed E-state index contributed by atoms with van der Waals surface area (Å²) in [6, 6.07) is 0.811. The Hall–Kier alpha value is -0.0800. The Morgan fingerprint density at radius 1 is 1.25 bits per heavy atom. The Morgan fingerprint density at radius 3 is 2.50 bits per heavy atom. The van der Waals surface area contributed by atoms with Gasteiger partial charge in [0.25, 0.3) is 0 Å². The highest BCUT2D eigenvalue weighted by atomic mass is 15.1. The van der Waals surface area contributed by atoms with E-state index < -0.39 is 0 Å². The van der Waals surface area contributed by atoms with Crippen LogP contribution in [0, 0.1) is 5.92 Å². The highest BCUT2D eigenvalue weighted by Gasteiger charge is 2.25. The van der Waals surface area contributed by atoms with E-state index in [4.69, 9.17) is 0 Å². The number of hydrogen-bond acceptors (Lipinski definition) is 2. The van der Waals surface area contributed by atoms with Gasteiger partial charge in [-0.1, -0.05) is 12.8 Å². The lowest BCUT2D eigenvalue weighted by molar-refractivity contribution is 0.155. The molecular formula is C10H22N2. The molecule has 2 heteroatoms. The molecular weight excluding hydrogens is 148 g/mol. The van der Waals surface area contributed by atoms with E-state index in [2.05, 4.69) is 31.4 Å². The summed E-state index contributed by atoms with van der Waals surface area (Å²) >= 11 is 0. The molecule has 0 saturated heterocycles. The van der Waals surface area contributed by atoms with Crippen molar-refractivity contribution in [3.05, 3.63) is 0 Å². The Balaban J connectivity index is 2.42. The van der Waals surface area contributed by atoms with Gasteiger partial charge < -0.3 is 10.2 Å². The number of nitrogens with one attached hydrogen (secondary N) is 1. The predicted molar refractivity (Wildman–Crippen MR) is 53.4 cm³/mol. The Bertz CT molecular complexity index is 121. The van der Waals surface area contributed by atoms with E-state index in [1.807, 2.05) is 0 Å². The van der Waals surface area contributed by atoms with Crippen molar-refractivity contribution in [3.8, 4) is 0 Å². The van der Waals surface area contributed by atoms with Gasteiger partial charge in [-0.25, -0.2) is 0 Å². The maximum absolute atomic E-state index is 3.30. The maximum Gasteiger partial charge on any atom is 0.0129 e. The number of hydrogen-bond donors (Lipinski definition) is 1. The van der Waals surface area contributed by atoms with E-state index >= 15 is 0 Å². The van der Waals surface area contributed by atoms with E-state index in [-0.39, 0.29) is 0 Å². The van der Waals surface area contributed by atoms with Crippen molar-refractivity contribution in [3.63, 3.8) is 0 Å². The third-order valence-electron chi connectivity index (χ3n) is 3.00. The van der Waals surface area contributed by atoms with Crippen molar-refractivity contribution in [2.24, 2.45) is 5.92 Å². The third kappa shape index (κ3) is 2.46. The molecule has 2 atom stereocenters. The zero-order valence-electron chi connectivity index (χ0n) is 8.64. The molecule has 1 aliphatic carbocycles. The van der Waals surface area contributed by atoms with E-state index in [1.54, 1.807) is 0 Å². The maximum atomic E-state index is 3.30. The van der Waals surface area contributed by atoms with Crippen LogP contribution < -0.4 is 5.32 Å². The van der Waals surface area contributed by atoms with Crippen LogP contribution in [0.25, 0.3) is 0 Å². The number of rotatable bonds is 3. The van der Waals surface area contributed by atoms with Gasteiger partial charge in [0.1, 0.15) is 0 Å². The molecule has 1 N–H and O–H groups in total. The lowest BCUT2D eigenvalue weighted by Crippen LogP contribution is -2.41. The Kier molecular flexibility index (Phi) is 4.02. The molecule has 0 spiro atoms. The first-order chi connectivity index (χ1) is 5.75. The first-order valence-corrected chi connectivity index (χ1v) is 5.06. The van der Waals surface area contributed by atoms with Crippen LogP contribution in [0.15, 0.2) is 0 Å². The van der Waals surface area contributed by atoms with Gasteiger partial charge in [0, 0.05) is 6.04 Å². The minimum absolute atomic E-state index is 0.811. The highest BCUT2D eigenvalue weighted by Crippen LogP contribution is 2.26. The second-order valence-corrected chi connectivity index (χ2v) is 4.13. The summed E-state index contributed by atoms with van der Waals surface area (Å²) in [6.07, 6.45) is 5.64. The van der Waals surface area contributed by atoms with Crippen molar-refractivity contribution in [2.75, 3.05) is 27.7 Å². The van der Waals surface area contributed by atoms with Crippen LogP contribution in [0.4, 0.5) is 0 Å². The van der Waals surface area contributed by atoms with Gasteiger partial charge in [0.2, 0.25) is 0 Å². The normalized spacial score (nSPS) is 31.0. The molecule has 2 nitrogen and oxygen atoms in total. The van der Waals surface area contributed by atoms with Crippen LogP contribution in [0.1, 0.15) is 25.7 Å². The standard InChI is InChI=1S/C10H22N2/c1-11-8-9-6-4-5-7-10(9)12(2)3/h9-11H,4-8H2,1-3H3. The van der Waals surface area contributed by atoms with Gasteiger partial charge in [0.05, 0.1) is 0 Å². The molecule has 0 radical (unpaired) electrons. The summed E-state index contributed by atoms with van der Waals surface area (Å²) in [5.41, 5.74) is 0. The molecule has 0 bridgehead atoms. The monoisotopic (exact) mass is 170 g/mol. The van der Waals surface area contributed by atoms with E-state index in [0.29, 0.717) is 0 Å². The Morgan fingerprint density at radius 2 is 1.92 bits per heavy atom. The SMILES string of the molecule is CNCC1CCCCC1N(C)C. The van der Waals surface area contributed by atoms with E-state index in [0.717, 1.165) is 12.0 Å². The summed E-state index contributed by atoms with van der Waals surface area (Å²) in [7, 11) is 6.47. The van der Waals surface area contributed by atoms with Gasteiger partial charge in [-0.15, -0.1) is 0 Å². The summed E-state index contributed by atoms with van der Waals surface area (Å²) in [4.78, 5) is 2.39. The second-order valence-electron chi connectivity index (χ2n) is 4.13. The fraction of sp³-hybridized carbons (Fsp3) is 1.00. The van der Waals surface area contributed by atoms with Crippen molar-refractivity contribution >= 4 is 0 Å². The molecule has 0 aliphatic heterocycles. The first-order valence-electron chi connectivity index (χ1n) is 5.06. The molecule has 12 heavy (non-hydrogen) atoms. The molecule has 1 rings (SSSR count). The molecule has 0 aromatic carbocycles. The molecule has 1 fully saturated rings. The molecule has 0 heterocycles. The fourth-order valence-corrected chi connectivity index (χ4v) is 2.37. The van der Waals surface area contributed by atoms with Gasteiger partial charge >= 0.3 is 0 Å². The van der Waals surface area contributed by atoms with Crippen LogP contribution >= 0.6 is 0 Å². The van der Waals surface area contributed by atoms with Crippen LogP contribution in [0.3, 0.4) is 0 Å². The minimum Gasteiger partial charge on any atom is -0.319 e. The van der Waals surface area contributed by atoms with Gasteiger partial charge in [0.15, 0.2) is 0 Å². The van der Waals surface area contributed by atoms with Gasteiger partial charge in [-0.2, -0.15) is 0 Å². The summed E-state index contributed by atoms with van der Waals surface area (Å²) in [5, 5.41) is 3.30. The smallest absolute Gasteiger partial charge is 0.0129 e. The summed E-state index contributed by atoms with van der Waals surface area (Å²) < 4.78 is 0. The average Bonchev–Trinajstić information content (AvgIpc) is 2.05. The zero-order chi connectivity index (χ0) is 8.97. The molecule has 0 amide bonds. The number of nitrogens with zero attached hydrogens (tertiary/aromatic N) is 1. The lowest BCUT2D eigenvalue weighted by Gasteiger charge is -2.36. The quantitative estimate of drug-likeness (QED) is 0.687. The highest BCUT2D eigenvalue weighted by molar-refractivity contribution is 4.81.